The Hall–Kier alpha value is -1.59. The van der Waals surface area contributed by atoms with Crippen molar-refractivity contribution in [3.05, 3.63) is 65.7 Å². The van der Waals surface area contributed by atoms with E-state index < -0.39 is 6.10 Å². The van der Waals surface area contributed by atoms with Crippen molar-refractivity contribution in [1.82, 2.24) is 4.90 Å². The molecule has 0 fully saturated rings. The second-order valence-corrected chi connectivity index (χ2v) is 5.74. The number of ether oxygens (including phenoxy) is 2. The summed E-state index contributed by atoms with van der Waals surface area (Å²) in [6.07, 6.45) is -0.611. The van der Waals surface area contributed by atoms with Crippen molar-refractivity contribution in [2.75, 3.05) is 33.9 Å². The van der Waals surface area contributed by atoms with E-state index in [1.165, 1.54) is 0 Å². The number of aliphatic hydroxyl groups excluding tert-OH is 1. The van der Waals surface area contributed by atoms with E-state index in [4.69, 9.17) is 9.47 Å². The van der Waals surface area contributed by atoms with Gasteiger partial charge in [-0.3, -0.25) is 0 Å². The largest absolute Gasteiger partial charge is 0.489 e. The number of rotatable bonds is 9. The van der Waals surface area contributed by atoms with Gasteiger partial charge in [0.1, 0.15) is 18.5 Å². The number of hydrogen-bond acceptors (Lipinski definition) is 4. The quantitative estimate of drug-likeness (QED) is 0.704. The average Bonchev–Trinajstić information content (AvgIpc) is 2.58. The van der Waals surface area contributed by atoms with Crippen LogP contribution in [0.1, 0.15) is 17.2 Å². The van der Waals surface area contributed by atoms with Gasteiger partial charge in [0.15, 0.2) is 0 Å². The van der Waals surface area contributed by atoms with E-state index in [1.54, 1.807) is 0 Å². The molecular weight excluding hydrogens is 326 g/mol. The molecule has 24 heavy (non-hydrogen) atoms. The average molecular weight is 352 g/mol. The molecule has 0 aromatic heterocycles. The molecular formula is C19H26ClNO3. The van der Waals surface area contributed by atoms with Gasteiger partial charge in [-0.2, -0.15) is 0 Å². The zero-order chi connectivity index (χ0) is 16.5. The molecule has 132 valence electrons. The highest BCUT2D eigenvalue weighted by molar-refractivity contribution is 5.85. The molecule has 0 spiro atoms. The van der Waals surface area contributed by atoms with Gasteiger partial charge in [-0.05, 0) is 37.4 Å². The maximum atomic E-state index is 10.1. The van der Waals surface area contributed by atoms with Crippen LogP contribution in [0.2, 0.25) is 0 Å². The Morgan fingerprint density at radius 3 is 2.29 bits per heavy atom. The molecule has 5 heteroatoms. The summed E-state index contributed by atoms with van der Waals surface area (Å²) in [4.78, 5) is 2.05. The van der Waals surface area contributed by atoms with Crippen LogP contribution in [0.15, 0.2) is 54.6 Å². The normalized spacial score (nSPS) is 11.8. The number of aliphatic hydroxyl groups is 1. The van der Waals surface area contributed by atoms with Crippen molar-refractivity contribution < 1.29 is 14.6 Å². The van der Waals surface area contributed by atoms with E-state index in [9.17, 15) is 5.11 Å². The second-order valence-electron chi connectivity index (χ2n) is 5.74. The lowest BCUT2D eigenvalue weighted by molar-refractivity contribution is 0.0306. The first-order valence-electron chi connectivity index (χ1n) is 7.82. The van der Waals surface area contributed by atoms with Crippen LogP contribution in [0.5, 0.6) is 5.75 Å². The maximum absolute atomic E-state index is 10.1. The molecule has 0 aliphatic carbocycles. The Labute approximate surface area is 150 Å². The van der Waals surface area contributed by atoms with Crippen LogP contribution in [0.25, 0.3) is 0 Å². The summed E-state index contributed by atoms with van der Waals surface area (Å²) < 4.78 is 11.2. The van der Waals surface area contributed by atoms with Gasteiger partial charge in [0, 0.05) is 6.54 Å². The lowest BCUT2D eigenvalue weighted by Gasteiger charge is -2.14. The van der Waals surface area contributed by atoms with Gasteiger partial charge in [0.2, 0.25) is 0 Å². The molecule has 1 N–H and O–H groups in total. The Bertz CT molecular complexity index is 561. The van der Waals surface area contributed by atoms with E-state index in [0.29, 0.717) is 19.8 Å². The third kappa shape index (κ3) is 7.32. The summed E-state index contributed by atoms with van der Waals surface area (Å²) in [5, 5.41) is 10.1. The van der Waals surface area contributed by atoms with Crippen molar-refractivity contribution in [2.24, 2.45) is 0 Å². The number of hydrogen-bond donors (Lipinski definition) is 1. The fourth-order valence-electron chi connectivity index (χ4n) is 2.07. The van der Waals surface area contributed by atoms with Crippen LogP contribution in [0.4, 0.5) is 0 Å². The fraction of sp³-hybridized carbons (Fsp3) is 0.368. The standard InChI is InChI=1S/C19H25NO3.ClH/c1-20(2)12-13-22-15-19(21)17-8-10-18(11-9-17)23-14-16-6-4-3-5-7-16;/h3-11,19,21H,12-15H2,1-2H3;1H. The fourth-order valence-corrected chi connectivity index (χ4v) is 2.07. The van der Waals surface area contributed by atoms with Crippen molar-refractivity contribution in [2.45, 2.75) is 12.7 Å². The molecule has 2 rings (SSSR count). The van der Waals surface area contributed by atoms with E-state index in [0.717, 1.165) is 23.4 Å². The van der Waals surface area contributed by atoms with Crippen molar-refractivity contribution in [1.29, 1.82) is 0 Å². The van der Waals surface area contributed by atoms with Crippen LogP contribution in [0.3, 0.4) is 0 Å². The molecule has 2 aromatic rings. The van der Waals surface area contributed by atoms with E-state index in [2.05, 4.69) is 0 Å². The number of benzene rings is 2. The zero-order valence-corrected chi connectivity index (χ0v) is 15.0. The molecule has 0 aliphatic heterocycles. The summed E-state index contributed by atoms with van der Waals surface area (Å²) >= 11 is 0. The summed E-state index contributed by atoms with van der Waals surface area (Å²) in [6, 6.07) is 17.5. The third-order valence-corrected chi connectivity index (χ3v) is 3.47. The minimum atomic E-state index is -0.611. The topological polar surface area (TPSA) is 41.9 Å². The highest BCUT2D eigenvalue weighted by Crippen LogP contribution is 2.19. The first-order valence-corrected chi connectivity index (χ1v) is 7.82. The summed E-state index contributed by atoms with van der Waals surface area (Å²) in [7, 11) is 3.99. The molecule has 4 nitrogen and oxygen atoms in total. The van der Waals surface area contributed by atoms with Gasteiger partial charge in [0.25, 0.3) is 0 Å². The highest BCUT2D eigenvalue weighted by Gasteiger charge is 2.08. The Kier molecular flexibility index (Phi) is 9.42. The molecule has 0 aliphatic rings. The van der Waals surface area contributed by atoms with Crippen molar-refractivity contribution in [3.8, 4) is 5.75 Å². The van der Waals surface area contributed by atoms with Crippen LogP contribution in [-0.4, -0.2) is 43.9 Å². The Morgan fingerprint density at radius 2 is 1.67 bits per heavy atom. The zero-order valence-electron chi connectivity index (χ0n) is 14.2. The number of nitrogens with zero attached hydrogens (tertiary/aromatic N) is 1. The highest BCUT2D eigenvalue weighted by atomic mass is 35.5. The van der Waals surface area contributed by atoms with Crippen LogP contribution in [0, 0.1) is 0 Å². The number of halogens is 1. The number of likely N-dealkylation sites (N-methyl/N-ethyl adjacent to an activating group) is 1. The SMILES string of the molecule is CN(C)CCOCC(O)c1ccc(OCc2ccccc2)cc1.Cl. The van der Waals surface area contributed by atoms with Gasteiger partial charge in [-0.15, -0.1) is 12.4 Å². The van der Waals surface area contributed by atoms with Crippen LogP contribution in [-0.2, 0) is 11.3 Å². The molecule has 0 saturated heterocycles. The lowest BCUT2D eigenvalue weighted by Crippen LogP contribution is -2.19. The van der Waals surface area contributed by atoms with Crippen molar-refractivity contribution >= 4 is 12.4 Å². The monoisotopic (exact) mass is 351 g/mol. The molecule has 0 amide bonds. The predicted molar refractivity (Wildman–Crippen MR) is 98.8 cm³/mol. The van der Waals surface area contributed by atoms with E-state index in [-0.39, 0.29) is 12.4 Å². The minimum absolute atomic E-state index is 0. The van der Waals surface area contributed by atoms with Gasteiger partial charge in [-0.1, -0.05) is 42.5 Å². The maximum Gasteiger partial charge on any atom is 0.119 e. The molecule has 1 atom stereocenters. The minimum Gasteiger partial charge on any atom is -0.489 e. The molecule has 0 saturated carbocycles. The van der Waals surface area contributed by atoms with E-state index in [1.807, 2.05) is 73.6 Å². The molecule has 1 unspecified atom stereocenters. The van der Waals surface area contributed by atoms with Crippen LogP contribution >= 0.6 is 12.4 Å². The first-order chi connectivity index (χ1) is 11.1. The van der Waals surface area contributed by atoms with Gasteiger partial charge in [0.05, 0.1) is 13.2 Å². The smallest absolute Gasteiger partial charge is 0.119 e. The molecule has 2 aromatic carbocycles. The van der Waals surface area contributed by atoms with Crippen molar-refractivity contribution in [3.63, 3.8) is 0 Å². The third-order valence-electron chi connectivity index (χ3n) is 3.47. The first kappa shape index (κ1) is 20.5. The predicted octanol–water partition coefficient (Wildman–Crippen LogP) is 3.30. The summed E-state index contributed by atoms with van der Waals surface area (Å²) in [5.74, 6) is 0.790. The van der Waals surface area contributed by atoms with Gasteiger partial charge >= 0.3 is 0 Å². The Morgan fingerprint density at radius 1 is 1.00 bits per heavy atom. The molecule has 0 radical (unpaired) electrons. The summed E-state index contributed by atoms with van der Waals surface area (Å²) in [6.45, 7) is 2.30. The van der Waals surface area contributed by atoms with E-state index >= 15 is 0 Å². The summed E-state index contributed by atoms with van der Waals surface area (Å²) in [5.41, 5.74) is 1.97. The van der Waals surface area contributed by atoms with Gasteiger partial charge < -0.3 is 19.5 Å². The Balaban J connectivity index is 0.00000288. The van der Waals surface area contributed by atoms with Crippen LogP contribution < -0.4 is 4.74 Å². The second kappa shape index (κ2) is 11.0. The molecule has 0 bridgehead atoms. The molecule has 0 heterocycles. The van der Waals surface area contributed by atoms with Gasteiger partial charge in [-0.25, -0.2) is 0 Å². The lowest BCUT2D eigenvalue weighted by atomic mass is 10.1.